The molecule has 2 saturated heterocycles. The minimum absolute atomic E-state index is 0.243. The van der Waals surface area contributed by atoms with E-state index in [0.29, 0.717) is 26.2 Å². The molecule has 84 valence electrons. The summed E-state index contributed by atoms with van der Waals surface area (Å²) in [4.78, 5) is 29.4. The van der Waals surface area contributed by atoms with Crippen LogP contribution in [0.2, 0.25) is 0 Å². The highest BCUT2D eigenvalue weighted by molar-refractivity contribution is 6.44. The summed E-state index contributed by atoms with van der Waals surface area (Å²) in [6.45, 7) is 4.66. The molecule has 0 aromatic heterocycles. The van der Waals surface area contributed by atoms with Crippen LogP contribution in [-0.4, -0.2) is 53.9 Å². The number of hydrogen-bond donors (Lipinski definition) is 0. The third-order valence-corrected chi connectivity index (χ3v) is 2.89. The van der Waals surface area contributed by atoms with E-state index in [2.05, 4.69) is 6.92 Å². The van der Waals surface area contributed by atoms with Crippen molar-refractivity contribution in [1.29, 1.82) is 0 Å². The topological polar surface area (TPSA) is 49.9 Å². The van der Waals surface area contributed by atoms with Gasteiger partial charge in [-0.05, 0) is 6.42 Å². The Hall–Kier alpha value is -0.940. The molecule has 0 aromatic carbocycles. The highest BCUT2D eigenvalue weighted by Gasteiger charge is 2.49. The van der Waals surface area contributed by atoms with Crippen LogP contribution >= 0.6 is 0 Å². The van der Waals surface area contributed by atoms with Gasteiger partial charge in [-0.3, -0.25) is 14.4 Å². The quantitative estimate of drug-likeness (QED) is 0.368. The molecule has 2 aliphatic rings. The van der Waals surface area contributed by atoms with Crippen LogP contribution in [0.15, 0.2) is 0 Å². The largest absolute Gasteiger partial charge is 0.323 e. The maximum absolute atomic E-state index is 11.2. The minimum atomic E-state index is -0.326. The van der Waals surface area contributed by atoms with Crippen molar-refractivity contribution in [3.63, 3.8) is 0 Å². The number of carbonyl (C=O) groups is 2. The van der Waals surface area contributed by atoms with Crippen LogP contribution in [0.1, 0.15) is 19.8 Å². The molecule has 5 heteroatoms. The van der Waals surface area contributed by atoms with E-state index in [0.717, 1.165) is 12.8 Å². The first-order valence-electron chi connectivity index (χ1n) is 5.46. The van der Waals surface area contributed by atoms with Crippen molar-refractivity contribution in [3.8, 4) is 0 Å². The first kappa shape index (κ1) is 10.6. The Balaban J connectivity index is 1.78. The molecule has 2 aliphatic heterocycles. The normalized spacial score (nSPS) is 26.5. The van der Waals surface area contributed by atoms with Crippen LogP contribution < -0.4 is 0 Å². The van der Waals surface area contributed by atoms with Gasteiger partial charge in [0.1, 0.15) is 6.04 Å². The first-order valence-corrected chi connectivity index (χ1v) is 5.46. The standard InChI is InChI=1S/C10H16N2O3/c1-2-3-6-15-11-4-5-12-8(7-11)9(13)10(12)14/h8H,2-7H2,1H3. The lowest BCUT2D eigenvalue weighted by atomic mass is 9.98. The SMILES string of the molecule is CCCCON1CCN2C(=O)C(=O)C2C1. The van der Waals surface area contributed by atoms with Gasteiger partial charge in [-0.15, -0.1) is 0 Å². The molecule has 0 aliphatic carbocycles. The summed E-state index contributed by atoms with van der Waals surface area (Å²) in [6.07, 6.45) is 2.12. The van der Waals surface area contributed by atoms with Crippen LogP contribution in [0.3, 0.4) is 0 Å². The number of unbranched alkanes of at least 4 members (excludes halogenated alkanes) is 1. The third-order valence-electron chi connectivity index (χ3n) is 2.89. The van der Waals surface area contributed by atoms with E-state index < -0.39 is 0 Å². The molecule has 0 N–H and O–H groups in total. The lowest BCUT2D eigenvalue weighted by molar-refractivity contribution is -0.203. The van der Waals surface area contributed by atoms with Gasteiger partial charge in [-0.25, -0.2) is 0 Å². The number of nitrogens with zero attached hydrogens (tertiary/aromatic N) is 2. The highest BCUT2D eigenvalue weighted by Crippen LogP contribution is 2.20. The monoisotopic (exact) mass is 212 g/mol. The van der Waals surface area contributed by atoms with E-state index in [-0.39, 0.29) is 17.7 Å². The fourth-order valence-electron chi connectivity index (χ4n) is 1.90. The van der Waals surface area contributed by atoms with Gasteiger partial charge in [0.15, 0.2) is 0 Å². The second-order valence-corrected chi connectivity index (χ2v) is 3.95. The van der Waals surface area contributed by atoms with Crippen LogP contribution in [0, 0.1) is 0 Å². The Labute approximate surface area is 88.9 Å². The van der Waals surface area contributed by atoms with Gasteiger partial charge in [0, 0.05) is 13.1 Å². The highest BCUT2D eigenvalue weighted by atomic mass is 16.7. The zero-order chi connectivity index (χ0) is 10.8. The van der Waals surface area contributed by atoms with Gasteiger partial charge >= 0.3 is 0 Å². The van der Waals surface area contributed by atoms with Crippen LogP contribution in [0.25, 0.3) is 0 Å². The van der Waals surface area contributed by atoms with Gasteiger partial charge in [-0.1, -0.05) is 13.3 Å². The molecule has 2 heterocycles. The Morgan fingerprint density at radius 2 is 2.20 bits per heavy atom. The molecule has 5 nitrogen and oxygen atoms in total. The van der Waals surface area contributed by atoms with Gasteiger partial charge in [0.2, 0.25) is 5.78 Å². The summed E-state index contributed by atoms with van der Waals surface area (Å²) in [5.74, 6) is -0.591. The van der Waals surface area contributed by atoms with Crippen molar-refractivity contribution < 1.29 is 14.4 Å². The molecule has 1 atom stereocenters. The molecular weight excluding hydrogens is 196 g/mol. The molecule has 0 aromatic rings. The molecule has 0 saturated carbocycles. The van der Waals surface area contributed by atoms with E-state index in [4.69, 9.17) is 4.84 Å². The Kier molecular flexibility index (Phi) is 3.02. The van der Waals surface area contributed by atoms with Crippen molar-refractivity contribution in [3.05, 3.63) is 0 Å². The van der Waals surface area contributed by atoms with Crippen LogP contribution in [0.4, 0.5) is 0 Å². The molecule has 2 rings (SSSR count). The summed E-state index contributed by atoms with van der Waals surface area (Å²) in [6, 6.07) is -0.243. The van der Waals surface area contributed by atoms with Gasteiger partial charge in [0.05, 0.1) is 13.2 Å². The Bertz CT molecular complexity index is 280. The number of ketones is 1. The number of hydroxylamine groups is 2. The summed E-state index contributed by atoms with van der Waals surface area (Å²) in [5.41, 5.74) is 0. The number of piperazine rings is 1. The van der Waals surface area contributed by atoms with Gasteiger partial charge in [-0.2, -0.15) is 5.06 Å². The number of hydrogen-bond acceptors (Lipinski definition) is 4. The Morgan fingerprint density at radius 3 is 2.93 bits per heavy atom. The van der Waals surface area contributed by atoms with E-state index >= 15 is 0 Å². The number of carbonyl (C=O) groups excluding carboxylic acids is 2. The van der Waals surface area contributed by atoms with E-state index in [1.165, 1.54) is 0 Å². The van der Waals surface area contributed by atoms with Crippen molar-refractivity contribution in [2.75, 3.05) is 26.2 Å². The molecule has 0 spiro atoms. The summed E-state index contributed by atoms with van der Waals surface area (Å²) >= 11 is 0. The number of rotatable bonds is 4. The predicted octanol–water partition coefficient (Wildman–Crippen LogP) is -0.186. The third kappa shape index (κ3) is 1.89. The van der Waals surface area contributed by atoms with Crippen molar-refractivity contribution in [2.45, 2.75) is 25.8 Å². The molecular formula is C10H16N2O3. The first-order chi connectivity index (χ1) is 7.24. The Morgan fingerprint density at radius 1 is 1.40 bits per heavy atom. The zero-order valence-corrected chi connectivity index (χ0v) is 8.94. The maximum atomic E-state index is 11.2. The zero-order valence-electron chi connectivity index (χ0n) is 8.94. The van der Waals surface area contributed by atoms with E-state index in [9.17, 15) is 9.59 Å². The molecule has 0 radical (unpaired) electrons. The maximum Gasteiger partial charge on any atom is 0.292 e. The van der Waals surface area contributed by atoms with Crippen molar-refractivity contribution >= 4 is 11.7 Å². The number of amides is 1. The second-order valence-electron chi connectivity index (χ2n) is 3.95. The summed E-state index contributed by atoms with van der Waals surface area (Å²) < 4.78 is 0. The number of β-lactam (4-membered cyclic amide) rings is 1. The van der Waals surface area contributed by atoms with Crippen molar-refractivity contribution in [1.82, 2.24) is 9.96 Å². The lowest BCUT2D eigenvalue weighted by Crippen LogP contribution is -2.69. The molecule has 2 fully saturated rings. The summed E-state index contributed by atoms with van der Waals surface area (Å²) in [7, 11) is 0. The number of Topliss-reactive ketones (excluding diaryl/α,β-unsaturated/α-hetero) is 1. The molecule has 1 amide bonds. The summed E-state index contributed by atoms with van der Waals surface area (Å²) in [5, 5.41) is 1.81. The van der Waals surface area contributed by atoms with Gasteiger partial charge < -0.3 is 4.90 Å². The van der Waals surface area contributed by atoms with Crippen LogP contribution in [-0.2, 0) is 14.4 Å². The second kappa shape index (κ2) is 4.28. The predicted molar refractivity (Wildman–Crippen MR) is 52.9 cm³/mol. The number of fused-ring (bicyclic) bond motifs is 1. The van der Waals surface area contributed by atoms with E-state index in [1.807, 2.05) is 0 Å². The fourth-order valence-corrected chi connectivity index (χ4v) is 1.90. The minimum Gasteiger partial charge on any atom is -0.323 e. The average Bonchev–Trinajstić information content (AvgIpc) is 2.28. The lowest BCUT2D eigenvalue weighted by Gasteiger charge is -2.45. The van der Waals surface area contributed by atoms with Gasteiger partial charge in [0.25, 0.3) is 5.91 Å². The fraction of sp³-hybridized carbons (Fsp3) is 0.800. The molecule has 15 heavy (non-hydrogen) atoms. The molecule has 1 unspecified atom stereocenters. The van der Waals surface area contributed by atoms with E-state index in [1.54, 1.807) is 9.96 Å². The van der Waals surface area contributed by atoms with Crippen LogP contribution in [0.5, 0.6) is 0 Å². The molecule has 0 bridgehead atoms. The smallest absolute Gasteiger partial charge is 0.292 e. The average molecular weight is 212 g/mol. The van der Waals surface area contributed by atoms with Crippen molar-refractivity contribution in [2.24, 2.45) is 0 Å².